The van der Waals surface area contributed by atoms with E-state index >= 15 is 0 Å². The van der Waals surface area contributed by atoms with Gasteiger partial charge in [-0.25, -0.2) is 0 Å². The maximum absolute atomic E-state index is 12.7. The van der Waals surface area contributed by atoms with E-state index in [-0.39, 0.29) is 12.5 Å². The fourth-order valence-corrected chi connectivity index (χ4v) is 5.07. The first-order chi connectivity index (χ1) is 21.3. The van der Waals surface area contributed by atoms with E-state index in [2.05, 4.69) is 43.5 Å². The molecule has 1 aliphatic rings. The third-order valence-electron chi connectivity index (χ3n) is 7.95. The molecular formula is C35H63NO8. The Kier molecular flexibility index (Phi) is 24.5. The standard InChI is InChI=1S/C35H63NO8/c1-3-5-7-9-11-12-13-14-15-16-17-19-20-22-24-29(38)28(36-31(39)25-23-21-18-10-8-6-4-2)27-43-35-34(42)33(41)32(40)30(26-37)44-35/h12-13,16-17,22,24,28-30,32-35,37-38,40-42H,3-11,14-15,18-21,23,25-27H2,1-2H3,(H,36,39)/b13-12+,17-16+,24-22+. The molecule has 1 amide bonds. The number of allylic oxidation sites excluding steroid dienone is 5. The van der Waals surface area contributed by atoms with Crippen molar-refractivity contribution < 1.29 is 39.8 Å². The number of ether oxygens (including phenoxy) is 2. The van der Waals surface area contributed by atoms with Gasteiger partial charge in [0.1, 0.15) is 24.4 Å². The van der Waals surface area contributed by atoms with Gasteiger partial charge in [-0.1, -0.05) is 108 Å². The van der Waals surface area contributed by atoms with E-state index < -0.39 is 49.5 Å². The summed E-state index contributed by atoms with van der Waals surface area (Å²) in [5, 5.41) is 53.6. The van der Waals surface area contributed by atoms with Gasteiger partial charge in [-0.3, -0.25) is 4.79 Å². The van der Waals surface area contributed by atoms with Gasteiger partial charge in [-0.15, -0.1) is 0 Å². The molecule has 9 nitrogen and oxygen atoms in total. The number of hydrogen-bond acceptors (Lipinski definition) is 8. The highest BCUT2D eigenvalue weighted by atomic mass is 16.7. The Morgan fingerprint density at radius 1 is 0.750 bits per heavy atom. The van der Waals surface area contributed by atoms with E-state index in [4.69, 9.17) is 9.47 Å². The summed E-state index contributed by atoms with van der Waals surface area (Å²) in [5.41, 5.74) is 0. The lowest BCUT2D eigenvalue weighted by Crippen LogP contribution is -2.60. The lowest BCUT2D eigenvalue weighted by molar-refractivity contribution is -0.302. The molecule has 0 bridgehead atoms. The van der Waals surface area contributed by atoms with Crippen molar-refractivity contribution in [1.29, 1.82) is 0 Å². The van der Waals surface area contributed by atoms with Crippen molar-refractivity contribution in [3.63, 3.8) is 0 Å². The minimum Gasteiger partial charge on any atom is -0.394 e. The number of amides is 1. The molecule has 0 aromatic rings. The molecule has 9 heteroatoms. The van der Waals surface area contributed by atoms with Crippen LogP contribution in [0.4, 0.5) is 0 Å². The largest absolute Gasteiger partial charge is 0.394 e. The van der Waals surface area contributed by atoms with Crippen molar-refractivity contribution in [2.75, 3.05) is 13.2 Å². The second-order valence-corrected chi connectivity index (χ2v) is 11.9. The first-order valence-corrected chi connectivity index (χ1v) is 17.2. The number of aliphatic hydroxyl groups excluding tert-OH is 5. The molecule has 44 heavy (non-hydrogen) atoms. The smallest absolute Gasteiger partial charge is 0.220 e. The van der Waals surface area contributed by atoms with Crippen LogP contribution in [0.5, 0.6) is 0 Å². The highest BCUT2D eigenvalue weighted by Crippen LogP contribution is 2.22. The monoisotopic (exact) mass is 625 g/mol. The normalized spacial score (nSPS) is 24.0. The van der Waals surface area contributed by atoms with E-state index in [1.54, 1.807) is 6.08 Å². The fourth-order valence-electron chi connectivity index (χ4n) is 5.07. The lowest BCUT2D eigenvalue weighted by Gasteiger charge is -2.40. The van der Waals surface area contributed by atoms with Gasteiger partial charge in [0.2, 0.25) is 5.91 Å². The summed E-state index contributed by atoms with van der Waals surface area (Å²) in [4.78, 5) is 12.7. The van der Waals surface area contributed by atoms with Crippen LogP contribution in [0.15, 0.2) is 36.5 Å². The van der Waals surface area contributed by atoms with Gasteiger partial charge in [-0.05, 0) is 44.9 Å². The highest BCUT2D eigenvalue weighted by Gasteiger charge is 2.44. The summed E-state index contributed by atoms with van der Waals surface area (Å²) in [6, 6.07) is -0.819. The summed E-state index contributed by atoms with van der Waals surface area (Å²) < 4.78 is 11.1. The molecule has 1 heterocycles. The molecule has 7 atom stereocenters. The Balaban J connectivity index is 2.55. The van der Waals surface area contributed by atoms with Crippen LogP contribution in [0.25, 0.3) is 0 Å². The van der Waals surface area contributed by atoms with Crippen LogP contribution in [0.2, 0.25) is 0 Å². The van der Waals surface area contributed by atoms with Gasteiger partial charge in [0, 0.05) is 6.42 Å². The molecule has 0 aliphatic carbocycles. The summed E-state index contributed by atoms with van der Waals surface area (Å²) in [6.07, 6.45) is 22.1. The highest BCUT2D eigenvalue weighted by molar-refractivity contribution is 5.76. The zero-order valence-electron chi connectivity index (χ0n) is 27.4. The number of rotatable bonds is 26. The Bertz CT molecular complexity index is 787. The molecule has 0 spiro atoms. The van der Waals surface area contributed by atoms with Crippen LogP contribution in [-0.2, 0) is 14.3 Å². The van der Waals surface area contributed by atoms with Crippen molar-refractivity contribution in [1.82, 2.24) is 5.32 Å². The van der Waals surface area contributed by atoms with Crippen LogP contribution in [0.3, 0.4) is 0 Å². The molecule has 1 rings (SSSR count). The molecule has 0 saturated carbocycles. The SMILES string of the molecule is CCCCCC/C=C/CC/C=C/CC/C=C/C(O)C(COC1OC(CO)C(O)C(O)C1O)NC(=O)CCCCCCCCC. The van der Waals surface area contributed by atoms with Crippen molar-refractivity contribution in [2.24, 2.45) is 0 Å². The average molecular weight is 626 g/mol. The van der Waals surface area contributed by atoms with Crippen LogP contribution < -0.4 is 5.32 Å². The number of unbranched alkanes of at least 4 members (excludes halogenated alkanes) is 12. The molecule has 7 unspecified atom stereocenters. The molecule has 6 N–H and O–H groups in total. The van der Waals surface area contributed by atoms with Crippen LogP contribution >= 0.6 is 0 Å². The molecule has 0 aromatic carbocycles. The quantitative estimate of drug-likeness (QED) is 0.0582. The van der Waals surface area contributed by atoms with E-state index in [9.17, 15) is 30.3 Å². The predicted octanol–water partition coefficient (Wildman–Crippen LogP) is 4.99. The third kappa shape index (κ3) is 18.4. The molecule has 0 aromatic heterocycles. The first kappa shape index (κ1) is 40.4. The van der Waals surface area contributed by atoms with Crippen LogP contribution in [0.1, 0.15) is 123 Å². The maximum Gasteiger partial charge on any atom is 0.220 e. The van der Waals surface area contributed by atoms with Crippen molar-refractivity contribution in [3.8, 4) is 0 Å². The number of aliphatic hydroxyl groups is 5. The Morgan fingerprint density at radius 3 is 1.91 bits per heavy atom. The number of carbonyl (C=O) groups excluding carboxylic acids is 1. The maximum atomic E-state index is 12.7. The zero-order chi connectivity index (χ0) is 32.4. The molecule has 1 fully saturated rings. The zero-order valence-corrected chi connectivity index (χ0v) is 27.4. The van der Waals surface area contributed by atoms with Gasteiger partial charge in [0.05, 0.1) is 25.4 Å². The van der Waals surface area contributed by atoms with Gasteiger partial charge in [-0.2, -0.15) is 0 Å². The lowest BCUT2D eigenvalue weighted by atomic mass is 9.99. The average Bonchev–Trinajstić information content (AvgIpc) is 3.02. The van der Waals surface area contributed by atoms with Gasteiger partial charge >= 0.3 is 0 Å². The molecule has 1 aliphatic heterocycles. The molecule has 0 radical (unpaired) electrons. The molecule has 256 valence electrons. The molecule has 1 saturated heterocycles. The Morgan fingerprint density at radius 2 is 1.30 bits per heavy atom. The van der Waals surface area contributed by atoms with Crippen LogP contribution in [-0.4, -0.2) is 87.5 Å². The second kappa shape index (κ2) is 26.6. The summed E-state index contributed by atoms with van der Waals surface area (Å²) >= 11 is 0. The predicted molar refractivity (Wildman–Crippen MR) is 175 cm³/mol. The number of nitrogens with one attached hydrogen (secondary N) is 1. The summed E-state index contributed by atoms with van der Waals surface area (Å²) in [7, 11) is 0. The topological polar surface area (TPSA) is 149 Å². The van der Waals surface area contributed by atoms with Gasteiger partial charge in [0.15, 0.2) is 6.29 Å². The van der Waals surface area contributed by atoms with E-state index in [1.807, 2.05) is 6.08 Å². The Labute approximate surface area is 266 Å². The summed E-state index contributed by atoms with van der Waals surface area (Å²) in [5.74, 6) is -0.202. The number of carbonyl (C=O) groups is 1. The minimum atomic E-state index is -1.57. The van der Waals surface area contributed by atoms with Crippen molar-refractivity contribution in [3.05, 3.63) is 36.5 Å². The number of hydrogen-bond donors (Lipinski definition) is 6. The summed E-state index contributed by atoms with van der Waals surface area (Å²) in [6.45, 7) is 3.63. The van der Waals surface area contributed by atoms with Crippen LogP contribution in [0, 0.1) is 0 Å². The molecular weight excluding hydrogens is 562 g/mol. The third-order valence-corrected chi connectivity index (χ3v) is 7.95. The van der Waals surface area contributed by atoms with E-state index in [1.165, 1.54) is 51.4 Å². The minimum absolute atomic E-state index is 0.202. The van der Waals surface area contributed by atoms with E-state index in [0.717, 1.165) is 51.4 Å². The van der Waals surface area contributed by atoms with Crippen molar-refractivity contribution in [2.45, 2.75) is 166 Å². The van der Waals surface area contributed by atoms with E-state index in [0.29, 0.717) is 6.42 Å². The first-order valence-electron chi connectivity index (χ1n) is 17.2. The fraction of sp³-hybridized carbons (Fsp3) is 0.800. The van der Waals surface area contributed by atoms with Crippen molar-refractivity contribution >= 4 is 5.91 Å². The van der Waals surface area contributed by atoms with Gasteiger partial charge in [0.25, 0.3) is 0 Å². The second-order valence-electron chi connectivity index (χ2n) is 11.9. The van der Waals surface area contributed by atoms with Gasteiger partial charge < -0.3 is 40.3 Å². The Hall–Kier alpha value is -1.59.